The Morgan fingerprint density at radius 3 is 2.42 bits per heavy atom. The van der Waals surface area contributed by atoms with E-state index in [0.717, 1.165) is 5.56 Å². The molecule has 3 heteroatoms. The molecule has 0 aromatic heterocycles. The van der Waals surface area contributed by atoms with E-state index in [1.807, 2.05) is 0 Å². The summed E-state index contributed by atoms with van der Waals surface area (Å²) in [5, 5.41) is 0. The molecular weight excluding hydrogens is 175 g/mol. The molecule has 65 valence electrons. The highest BCUT2D eigenvalue weighted by atomic mass is 32.2. The van der Waals surface area contributed by atoms with Gasteiger partial charge in [-0.15, -0.1) is 0 Å². The summed E-state index contributed by atoms with van der Waals surface area (Å²) in [6.07, 6.45) is 0. The first-order chi connectivity index (χ1) is 5.72. The van der Waals surface area contributed by atoms with E-state index in [1.54, 1.807) is 12.1 Å². The van der Waals surface area contributed by atoms with Crippen molar-refractivity contribution in [2.45, 2.75) is 5.75 Å². The lowest BCUT2D eigenvalue weighted by molar-refractivity contribution is 0.596. The molecule has 0 bridgehead atoms. The molecule has 0 N–H and O–H groups in total. The summed E-state index contributed by atoms with van der Waals surface area (Å²) >= 11 is -0.918. The molecule has 1 aromatic rings. The predicted octanol–water partition coefficient (Wildman–Crippen LogP) is 1.91. The van der Waals surface area contributed by atoms with Gasteiger partial charge in [0.15, 0.2) is 0 Å². The Morgan fingerprint density at radius 2 is 1.92 bits per heavy atom. The lowest BCUT2D eigenvalue weighted by Crippen LogP contribution is -2.06. The van der Waals surface area contributed by atoms with E-state index in [2.05, 4.69) is 6.92 Å². The van der Waals surface area contributed by atoms with Crippen LogP contribution in [0.1, 0.15) is 5.56 Å². The molecule has 12 heavy (non-hydrogen) atoms. The van der Waals surface area contributed by atoms with Crippen molar-refractivity contribution in [2.24, 2.45) is 0 Å². The smallest absolute Gasteiger partial charge is 0.130 e. The maximum Gasteiger partial charge on any atom is 0.130 e. The molecule has 0 spiro atoms. The van der Waals surface area contributed by atoms with E-state index in [1.165, 1.54) is 12.1 Å². The van der Waals surface area contributed by atoms with Crippen LogP contribution in [0, 0.1) is 12.7 Å². The van der Waals surface area contributed by atoms with Crippen LogP contribution in [-0.4, -0.2) is 10.3 Å². The number of rotatable bonds is 3. The van der Waals surface area contributed by atoms with Gasteiger partial charge in [-0.2, -0.15) is 0 Å². The van der Waals surface area contributed by atoms with Crippen LogP contribution in [0.3, 0.4) is 0 Å². The maximum atomic E-state index is 12.4. The summed E-state index contributed by atoms with van der Waals surface area (Å²) in [6, 6.07) is 6.02. The molecule has 0 heterocycles. The standard InChI is InChI=1S/C9H10FOS/c1-2-12(11)7-8-3-5-9(10)6-4-8/h3-6H,1-2,7H2. The minimum Gasteiger partial charge on any atom is -0.616 e. The summed E-state index contributed by atoms with van der Waals surface area (Å²) in [6.45, 7) is 3.53. The van der Waals surface area contributed by atoms with E-state index in [9.17, 15) is 8.94 Å². The zero-order valence-electron chi connectivity index (χ0n) is 6.63. The minimum atomic E-state index is -0.918. The molecule has 0 aliphatic rings. The predicted molar refractivity (Wildman–Crippen MR) is 48.5 cm³/mol. The van der Waals surface area contributed by atoms with Gasteiger partial charge in [0.2, 0.25) is 0 Å². The van der Waals surface area contributed by atoms with Crippen molar-refractivity contribution >= 4 is 11.2 Å². The van der Waals surface area contributed by atoms with Crippen molar-refractivity contribution < 1.29 is 8.94 Å². The number of benzene rings is 1. The number of hydrogen-bond donors (Lipinski definition) is 0. The highest BCUT2D eigenvalue weighted by molar-refractivity contribution is 7.90. The van der Waals surface area contributed by atoms with E-state index in [4.69, 9.17) is 0 Å². The van der Waals surface area contributed by atoms with Gasteiger partial charge in [-0.25, -0.2) is 4.39 Å². The molecule has 0 aliphatic heterocycles. The summed E-state index contributed by atoms with van der Waals surface area (Å²) in [5.41, 5.74) is 0.887. The normalized spacial score (nSPS) is 12.9. The van der Waals surface area contributed by atoms with Gasteiger partial charge in [-0.3, -0.25) is 0 Å². The molecule has 0 fully saturated rings. The Bertz CT molecular complexity index is 235. The summed E-state index contributed by atoms with van der Waals surface area (Å²) in [7, 11) is 0. The van der Waals surface area contributed by atoms with Crippen LogP contribution >= 0.6 is 0 Å². The zero-order valence-corrected chi connectivity index (χ0v) is 7.44. The Hall–Kier alpha value is -0.540. The second-order valence-electron chi connectivity index (χ2n) is 2.41. The molecule has 1 atom stereocenters. The first kappa shape index (κ1) is 9.55. The van der Waals surface area contributed by atoms with Crippen LogP contribution in [0.15, 0.2) is 24.3 Å². The fourth-order valence-corrected chi connectivity index (χ4v) is 1.55. The van der Waals surface area contributed by atoms with Gasteiger partial charge in [0.05, 0.1) is 0 Å². The molecule has 1 nitrogen and oxygen atoms in total. The molecule has 1 unspecified atom stereocenters. The molecule has 0 saturated carbocycles. The van der Waals surface area contributed by atoms with Gasteiger partial charge in [0.25, 0.3) is 0 Å². The molecule has 0 saturated heterocycles. The van der Waals surface area contributed by atoms with Crippen molar-refractivity contribution in [3.05, 3.63) is 42.6 Å². The van der Waals surface area contributed by atoms with Gasteiger partial charge in [0, 0.05) is 5.56 Å². The van der Waals surface area contributed by atoms with Crippen LogP contribution in [0.5, 0.6) is 0 Å². The van der Waals surface area contributed by atoms with E-state index in [-0.39, 0.29) is 5.82 Å². The lowest BCUT2D eigenvalue weighted by atomic mass is 10.2. The van der Waals surface area contributed by atoms with Crippen LogP contribution in [-0.2, 0) is 16.9 Å². The van der Waals surface area contributed by atoms with Crippen molar-refractivity contribution in [3.63, 3.8) is 0 Å². The highest BCUT2D eigenvalue weighted by Gasteiger charge is 2.03. The lowest BCUT2D eigenvalue weighted by Gasteiger charge is -2.07. The van der Waals surface area contributed by atoms with E-state index < -0.39 is 11.2 Å². The van der Waals surface area contributed by atoms with Crippen molar-refractivity contribution in [3.8, 4) is 0 Å². The molecule has 1 radical (unpaired) electrons. The second kappa shape index (κ2) is 4.48. The third-order valence-electron chi connectivity index (χ3n) is 1.47. The fourth-order valence-electron chi connectivity index (χ4n) is 0.839. The third-order valence-corrected chi connectivity index (χ3v) is 2.58. The zero-order chi connectivity index (χ0) is 8.97. The molecule has 0 amide bonds. The SMILES string of the molecule is [CH2]C[S+]([O-])Cc1ccc(F)cc1. The number of halogens is 1. The van der Waals surface area contributed by atoms with Gasteiger partial charge >= 0.3 is 0 Å². The third kappa shape index (κ3) is 2.83. The molecule has 0 aliphatic carbocycles. The van der Waals surface area contributed by atoms with Gasteiger partial charge in [-0.05, 0) is 30.2 Å². The largest absolute Gasteiger partial charge is 0.616 e. The average molecular weight is 185 g/mol. The summed E-state index contributed by atoms with van der Waals surface area (Å²) < 4.78 is 23.4. The topological polar surface area (TPSA) is 23.1 Å². The van der Waals surface area contributed by atoms with Crippen LogP contribution < -0.4 is 0 Å². The maximum absolute atomic E-state index is 12.4. The van der Waals surface area contributed by atoms with Crippen molar-refractivity contribution in [1.82, 2.24) is 0 Å². The Kier molecular flexibility index (Phi) is 3.56. The minimum absolute atomic E-state index is 0.265. The first-order valence-corrected chi connectivity index (χ1v) is 5.10. The molecule has 1 rings (SSSR count). The average Bonchev–Trinajstić information content (AvgIpc) is 2.09. The van der Waals surface area contributed by atoms with E-state index in [0.29, 0.717) is 11.5 Å². The number of hydrogen-bond acceptors (Lipinski definition) is 1. The van der Waals surface area contributed by atoms with Crippen LogP contribution in [0.25, 0.3) is 0 Å². The van der Waals surface area contributed by atoms with Gasteiger partial charge in [-0.1, -0.05) is 12.1 Å². The summed E-state index contributed by atoms with van der Waals surface area (Å²) in [5.74, 6) is 0.598. The molecule has 1 aromatic carbocycles. The van der Waals surface area contributed by atoms with Crippen molar-refractivity contribution in [1.29, 1.82) is 0 Å². The molecular formula is C9H10FOS. The van der Waals surface area contributed by atoms with Gasteiger partial charge < -0.3 is 4.55 Å². The van der Waals surface area contributed by atoms with Gasteiger partial charge in [0.1, 0.15) is 17.3 Å². The van der Waals surface area contributed by atoms with Crippen molar-refractivity contribution in [2.75, 3.05) is 5.75 Å². The first-order valence-electron chi connectivity index (χ1n) is 3.61. The Morgan fingerprint density at radius 1 is 1.33 bits per heavy atom. The van der Waals surface area contributed by atoms with Crippen LogP contribution in [0.4, 0.5) is 4.39 Å². The monoisotopic (exact) mass is 185 g/mol. The Balaban J connectivity index is 2.58. The van der Waals surface area contributed by atoms with Crippen LogP contribution in [0.2, 0.25) is 0 Å². The highest BCUT2D eigenvalue weighted by Crippen LogP contribution is 2.07. The quantitative estimate of drug-likeness (QED) is 0.660. The summed E-state index contributed by atoms with van der Waals surface area (Å²) in [4.78, 5) is 0. The Labute approximate surface area is 74.8 Å². The second-order valence-corrected chi connectivity index (χ2v) is 3.99. The van der Waals surface area contributed by atoms with E-state index >= 15 is 0 Å². The fraction of sp³-hybridized carbons (Fsp3) is 0.222.